The zero-order chi connectivity index (χ0) is 9.26. The number of amides is 1. The fraction of sp³-hybridized carbons (Fsp3) is 0.333. The SMILES string of the molecule is C=C1CSC(C2=CCC=N2)C(=O)N1. The van der Waals surface area contributed by atoms with E-state index < -0.39 is 0 Å². The van der Waals surface area contributed by atoms with Crippen LogP contribution in [0.2, 0.25) is 0 Å². The number of allylic oxidation sites excluding steroid dienone is 1. The molecule has 0 aromatic heterocycles. The molecule has 1 N–H and O–H groups in total. The molecule has 1 amide bonds. The van der Waals surface area contributed by atoms with Crippen LogP contribution >= 0.6 is 11.8 Å². The Morgan fingerprint density at radius 1 is 1.69 bits per heavy atom. The van der Waals surface area contributed by atoms with Crippen LogP contribution in [-0.2, 0) is 4.79 Å². The Morgan fingerprint density at radius 2 is 2.54 bits per heavy atom. The van der Waals surface area contributed by atoms with Crippen molar-refractivity contribution in [3.05, 3.63) is 24.0 Å². The fourth-order valence-electron chi connectivity index (χ4n) is 1.31. The number of aliphatic imine (C=N–C) groups is 1. The van der Waals surface area contributed by atoms with Crippen LogP contribution in [0.15, 0.2) is 29.0 Å². The molecule has 2 rings (SSSR count). The van der Waals surface area contributed by atoms with Crippen LogP contribution in [0.3, 0.4) is 0 Å². The summed E-state index contributed by atoms with van der Waals surface area (Å²) in [4.78, 5) is 15.6. The van der Waals surface area contributed by atoms with Crippen molar-refractivity contribution in [3.8, 4) is 0 Å². The molecule has 1 fully saturated rings. The average Bonchev–Trinajstić information content (AvgIpc) is 2.56. The zero-order valence-electron chi connectivity index (χ0n) is 7.12. The van der Waals surface area contributed by atoms with Gasteiger partial charge in [0, 0.05) is 24.1 Å². The number of nitrogens with zero attached hydrogens (tertiary/aromatic N) is 1. The number of thioether (sulfide) groups is 1. The van der Waals surface area contributed by atoms with Crippen LogP contribution < -0.4 is 5.32 Å². The first-order valence-electron chi connectivity index (χ1n) is 4.10. The highest BCUT2D eigenvalue weighted by molar-refractivity contribution is 8.01. The van der Waals surface area contributed by atoms with Crippen LogP contribution in [0.1, 0.15) is 6.42 Å². The molecule has 1 unspecified atom stereocenters. The predicted octanol–water partition coefficient (Wildman–Crippen LogP) is 1.09. The summed E-state index contributed by atoms with van der Waals surface area (Å²) >= 11 is 1.58. The Kier molecular flexibility index (Phi) is 2.22. The molecular weight excluding hydrogens is 184 g/mol. The summed E-state index contributed by atoms with van der Waals surface area (Å²) in [5.74, 6) is 0.787. The van der Waals surface area contributed by atoms with E-state index in [1.54, 1.807) is 11.8 Å². The van der Waals surface area contributed by atoms with Gasteiger partial charge < -0.3 is 5.32 Å². The van der Waals surface area contributed by atoms with Crippen molar-refractivity contribution in [1.82, 2.24) is 5.32 Å². The first kappa shape index (κ1) is 8.56. The molecule has 1 saturated heterocycles. The van der Waals surface area contributed by atoms with E-state index in [1.807, 2.05) is 12.3 Å². The molecule has 3 nitrogen and oxygen atoms in total. The predicted molar refractivity (Wildman–Crippen MR) is 54.7 cm³/mol. The molecule has 68 valence electrons. The van der Waals surface area contributed by atoms with Gasteiger partial charge in [0.2, 0.25) is 5.91 Å². The second-order valence-electron chi connectivity index (χ2n) is 2.96. The molecule has 2 aliphatic rings. The molecule has 0 spiro atoms. The normalized spacial score (nSPS) is 27.4. The molecule has 0 aliphatic carbocycles. The van der Waals surface area contributed by atoms with Gasteiger partial charge in [-0.1, -0.05) is 12.7 Å². The van der Waals surface area contributed by atoms with E-state index in [-0.39, 0.29) is 11.2 Å². The van der Waals surface area contributed by atoms with Crippen LogP contribution in [0.25, 0.3) is 0 Å². The van der Waals surface area contributed by atoms with Crippen LogP contribution in [0.4, 0.5) is 0 Å². The average molecular weight is 194 g/mol. The molecule has 0 saturated carbocycles. The van der Waals surface area contributed by atoms with E-state index >= 15 is 0 Å². The van der Waals surface area contributed by atoms with Crippen molar-refractivity contribution in [2.75, 3.05) is 5.75 Å². The van der Waals surface area contributed by atoms with Gasteiger partial charge >= 0.3 is 0 Å². The third kappa shape index (κ3) is 1.67. The third-order valence-corrected chi connectivity index (χ3v) is 3.21. The molecule has 2 heterocycles. The maximum absolute atomic E-state index is 11.5. The van der Waals surface area contributed by atoms with Crippen molar-refractivity contribution in [2.24, 2.45) is 4.99 Å². The van der Waals surface area contributed by atoms with E-state index in [0.29, 0.717) is 0 Å². The van der Waals surface area contributed by atoms with Crippen molar-refractivity contribution >= 4 is 23.9 Å². The first-order valence-corrected chi connectivity index (χ1v) is 5.15. The van der Waals surface area contributed by atoms with Gasteiger partial charge in [-0.2, -0.15) is 0 Å². The van der Waals surface area contributed by atoms with Crippen molar-refractivity contribution in [3.63, 3.8) is 0 Å². The number of hydrogen-bond acceptors (Lipinski definition) is 3. The number of rotatable bonds is 1. The smallest absolute Gasteiger partial charge is 0.243 e. The monoisotopic (exact) mass is 194 g/mol. The van der Waals surface area contributed by atoms with Gasteiger partial charge in [-0.3, -0.25) is 9.79 Å². The van der Waals surface area contributed by atoms with Gasteiger partial charge in [-0.05, 0) is 0 Å². The Balaban J connectivity index is 2.12. The summed E-state index contributed by atoms with van der Waals surface area (Å²) in [6, 6.07) is 0. The number of nitrogens with one attached hydrogen (secondary N) is 1. The van der Waals surface area contributed by atoms with Gasteiger partial charge in [0.25, 0.3) is 0 Å². The second kappa shape index (κ2) is 3.38. The lowest BCUT2D eigenvalue weighted by Crippen LogP contribution is -2.37. The number of carbonyl (C=O) groups is 1. The quantitative estimate of drug-likeness (QED) is 0.679. The zero-order valence-corrected chi connectivity index (χ0v) is 7.93. The summed E-state index contributed by atoms with van der Waals surface area (Å²) in [6.07, 6.45) is 4.67. The van der Waals surface area contributed by atoms with Crippen LogP contribution in [0, 0.1) is 0 Å². The van der Waals surface area contributed by atoms with Gasteiger partial charge in [0.1, 0.15) is 5.25 Å². The maximum Gasteiger partial charge on any atom is 0.243 e. The lowest BCUT2D eigenvalue weighted by Gasteiger charge is -2.22. The Hall–Kier alpha value is -1.03. The van der Waals surface area contributed by atoms with Crippen molar-refractivity contribution in [1.29, 1.82) is 0 Å². The van der Waals surface area contributed by atoms with E-state index in [1.165, 1.54) is 0 Å². The summed E-state index contributed by atoms with van der Waals surface area (Å²) in [5.41, 5.74) is 1.67. The van der Waals surface area contributed by atoms with E-state index in [4.69, 9.17) is 0 Å². The number of carbonyl (C=O) groups excluding carboxylic acids is 1. The summed E-state index contributed by atoms with van der Waals surface area (Å²) in [7, 11) is 0. The molecule has 2 aliphatic heterocycles. The van der Waals surface area contributed by atoms with E-state index in [2.05, 4.69) is 16.9 Å². The molecule has 1 atom stereocenters. The standard InChI is InChI=1S/C9H10N2OS/c1-6-5-13-8(9(12)11-6)7-3-2-4-10-7/h3-4,8H,1-2,5H2,(H,11,12). The van der Waals surface area contributed by atoms with Crippen molar-refractivity contribution < 1.29 is 4.79 Å². The number of hydrogen-bond donors (Lipinski definition) is 1. The highest BCUT2D eigenvalue weighted by atomic mass is 32.2. The van der Waals surface area contributed by atoms with E-state index in [9.17, 15) is 4.79 Å². The first-order chi connectivity index (χ1) is 6.27. The fourth-order valence-corrected chi connectivity index (χ4v) is 2.29. The minimum atomic E-state index is -0.135. The Morgan fingerprint density at radius 3 is 3.15 bits per heavy atom. The molecule has 0 radical (unpaired) electrons. The maximum atomic E-state index is 11.5. The lowest BCUT2D eigenvalue weighted by molar-refractivity contribution is -0.119. The van der Waals surface area contributed by atoms with Gasteiger partial charge in [0.05, 0.1) is 5.70 Å². The van der Waals surface area contributed by atoms with E-state index in [0.717, 1.165) is 23.6 Å². The summed E-state index contributed by atoms with van der Waals surface area (Å²) in [6.45, 7) is 3.71. The minimum absolute atomic E-state index is 0.00606. The topological polar surface area (TPSA) is 41.5 Å². The van der Waals surface area contributed by atoms with Crippen molar-refractivity contribution in [2.45, 2.75) is 11.7 Å². The van der Waals surface area contributed by atoms with Gasteiger partial charge in [-0.15, -0.1) is 11.8 Å². The third-order valence-electron chi connectivity index (χ3n) is 1.90. The van der Waals surface area contributed by atoms with Gasteiger partial charge in [0.15, 0.2) is 0 Å². The van der Waals surface area contributed by atoms with Crippen LogP contribution in [0.5, 0.6) is 0 Å². The molecule has 0 aromatic rings. The minimum Gasteiger partial charge on any atom is -0.328 e. The molecule has 4 heteroatoms. The molecule has 0 aromatic carbocycles. The molecule has 13 heavy (non-hydrogen) atoms. The summed E-state index contributed by atoms with van der Waals surface area (Å²) in [5, 5.41) is 2.60. The second-order valence-corrected chi connectivity index (χ2v) is 4.05. The van der Waals surface area contributed by atoms with Crippen LogP contribution in [-0.4, -0.2) is 23.1 Å². The highest BCUT2D eigenvalue weighted by Crippen LogP contribution is 2.27. The summed E-state index contributed by atoms with van der Waals surface area (Å²) < 4.78 is 0. The highest BCUT2D eigenvalue weighted by Gasteiger charge is 2.28. The molecular formula is C9H10N2OS. The molecule has 0 bridgehead atoms. The Labute approximate surface area is 81.0 Å². The largest absolute Gasteiger partial charge is 0.328 e. The Bertz CT molecular complexity index is 320. The lowest BCUT2D eigenvalue weighted by atomic mass is 10.2. The van der Waals surface area contributed by atoms with Gasteiger partial charge in [-0.25, -0.2) is 0 Å².